The Kier molecular flexibility index (Phi) is 6.11. The lowest BCUT2D eigenvalue weighted by Crippen LogP contribution is -2.63. The molecule has 2 aromatic rings. The molecular weight excluding hydrogens is 617 g/mol. The highest BCUT2D eigenvalue weighted by Crippen LogP contribution is 2.71. The Bertz CT molecular complexity index is 1820. The SMILES string of the molecule is C=CCN1C(=CCO)[C@@H]2C[C@@H]3[C@H]1CC[C@@]31c3ccccc3N3C=C4C5N(C=C2C31)c1ccccc1[C@@]51CC[C@@H]2[C@H]1C[C@H]4C(=CCO)N2CC=C. The minimum atomic E-state index is 0.0233. The zero-order valence-electron chi connectivity index (χ0n) is 28.9. The van der Waals surface area contributed by atoms with Gasteiger partial charge in [0.2, 0.25) is 0 Å². The molecule has 4 saturated carbocycles. The van der Waals surface area contributed by atoms with Crippen LogP contribution in [-0.4, -0.2) is 70.5 Å². The van der Waals surface area contributed by atoms with E-state index in [-0.39, 0.29) is 48.0 Å². The Hall–Kier alpha value is -4.00. The maximum atomic E-state index is 10.5. The molecule has 9 aliphatic rings. The molecule has 6 fully saturated rings. The Morgan fingerprint density at radius 1 is 0.660 bits per heavy atom. The fourth-order valence-electron chi connectivity index (χ4n) is 14.2. The molecule has 2 spiro atoms. The third-order valence-electron chi connectivity index (χ3n) is 15.3. The van der Waals surface area contributed by atoms with Crippen LogP contribution < -0.4 is 9.80 Å². The summed E-state index contributed by atoms with van der Waals surface area (Å²) in [7, 11) is 0. The molecule has 50 heavy (non-hydrogen) atoms. The molecule has 4 bridgehead atoms. The van der Waals surface area contributed by atoms with E-state index in [1.165, 1.54) is 45.0 Å². The molecule has 5 heterocycles. The van der Waals surface area contributed by atoms with E-state index in [4.69, 9.17) is 0 Å². The Labute approximate surface area is 296 Å². The fraction of sp³-hybridized carbons (Fsp3) is 0.455. The number of anilines is 2. The standard InChI is InChI=1S/C44H48N4O2/c1-3-19-45-35(15-21-49)27-23-33-39(45)13-17-43(33)31-9-5-7-11-37(31)48-26-30-28-24-34-40(46(20-4-2)36(28)16-22-50)14-18-44(34)32-10-6-8-12-38(32)47(42(30)44)25-29(27)41(43)48/h3-12,15-16,25-28,33-34,39-42,49-50H,1-2,13-14,17-24H2/t27-,28-,33-,34-,39-,40-,41?,42?,43-,44-/m1/s1. The molecular formula is C44H48N4O2. The van der Waals surface area contributed by atoms with Crippen LogP contribution in [0.4, 0.5) is 11.4 Å². The number of nitrogens with zero attached hydrogens (tertiary/aromatic N) is 4. The highest BCUT2D eigenvalue weighted by Gasteiger charge is 2.71. The lowest BCUT2D eigenvalue weighted by atomic mass is 9.54. The molecule has 0 amide bonds. The first kappa shape index (κ1) is 29.7. The molecule has 0 radical (unpaired) electrons. The number of hydrogen-bond acceptors (Lipinski definition) is 6. The van der Waals surface area contributed by atoms with Crippen LogP contribution >= 0.6 is 0 Å². The lowest BCUT2D eigenvalue weighted by molar-refractivity contribution is 0.0738. The molecule has 2 N–H and O–H groups in total. The van der Waals surface area contributed by atoms with Gasteiger partial charge >= 0.3 is 0 Å². The maximum Gasteiger partial charge on any atom is 0.0670 e. The molecule has 4 aliphatic carbocycles. The third kappa shape index (κ3) is 3.26. The summed E-state index contributed by atoms with van der Waals surface area (Å²) in [6, 6.07) is 20.0. The smallest absolute Gasteiger partial charge is 0.0670 e. The molecule has 6 nitrogen and oxygen atoms in total. The molecule has 2 unspecified atom stereocenters. The van der Waals surface area contributed by atoms with E-state index in [2.05, 4.69) is 118 Å². The minimum absolute atomic E-state index is 0.0233. The van der Waals surface area contributed by atoms with E-state index in [1.54, 1.807) is 0 Å². The molecule has 5 aliphatic heterocycles. The number of likely N-dealkylation sites (tertiary alicyclic amines) is 2. The largest absolute Gasteiger partial charge is 0.392 e. The zero-order valence-corrected chi connectivity index (χ0v) is 28.9. The number of hydrogen-bond donors (Lipinski definition) is 2. The number of fused-ring (bicyclic) bond motifs is 8. The van der Waals surface area contributed by atoms with Gasteiger partial charge in [-0.1, -0.05) is 48.6 Å². The van der Waals surface area contributed by atoms with Crippen LogP contribution in [0, 0.1) is 23.7 Å². The summed E-state index contributed by atoms with van der Waals surface area (Å²) in [4.78, 5) is 10.8. The van der Waals surface area contributed by atoms with Gasteiger partial charge in [-0.3, -0.25) is 0 Å². The first-order chi connectivity index (χ1) is 24.6. The van der Waals surface area contributed by atoms with Crippen molar-refractivity contribution < 1.29 is 10.2 Å². The maximum absolute atomic E-state index is 10.5. The number of piperidine rings is 2. The second-order valence-electron chi connectivity index (χ2n) is 16.5. The van der Waals surface area contributed by atoms with E-state index < -0.39 is 0 Å². The average molecular weight is 665 g/mol. The highest BCUT2D eigenvalue weighted by molar-refractivity contribution is 5.77. The number of benzene rings is 2. The Morgan fingerprint density at radius 3 is 1.52 bits per heavy atom. The third-order valence-corrected chi connectivity index (χ3v) is 15.3. The van der Waals surface area contributed by atoms with Crippen molar-refractivity contribution in [3.05, 3.63) is 132 Å². The normalized spacial score (nSPS) is 40.5. The first-order valence-electron chi connectivity index (χ1n) is 19.2. The molecule has 11 rings (SSSR count). The fourth-order valence-corrected chi connectivity index (χ4v) is 14.2. The van der Waals surface area contributed by atoms with Crippen molar-refractivity contribution in [2.45, 2.75) is 73.5 Å². The summed E-state index contributed by atoms with van der Waals surface area (Å²) < 4.78 is 0. The van der Waals surface area contributed by atoms with Crippen LogP contribution in [0.25, 0.3) is 0 Å². The van der Waals surface area contributed by atoms with Crippen LogP contribution in [0.2, 0.25) is 0 Å². The topological polar surface area (TPSA) is 53.4 Å². The number of para-hydroxylation sites is 2. The van der Waals surface area contributed by atoms with Crippen LogP contribution in [-0.2, 0) is 10.8 Å². The monoisotopic (exact) mass is 664 g/mol. The predicted octanol–water partition coefficient (Wildman–Crippen LogP) is 6.37. The van der Waals surface area contributed by atoms with E-state index >= 15 is 0 Å². The van der Waals surface area contributed by atoms with Gasteiger partial charge < -0.3 is 29.8 Å². The summed E-state index contributed by atoms with van der Waals surface area (Å²) in [5, 5.41) is 21.0. The summed E-state index contributed by atoms with van der Waals surface area (Å²) in [5.41, 5.74) is 11.5. The molecule has 10 atom stereocenters. The minimum Gasteiger partial charge on any atom is -0.392 e. The van der Waals surface area contributed by atoms with E-state index in [1.807, 2.05) is 0 Å². The van der Waals surface area contributed by atoms with Crippen molar-refractivity contribution in [3.63, 3.8) is 0 Å². The van der Waals surface area contributed by atoms with Crippen molar-refractivity contribution in [2.24, 2.45) is 23.7 Å². The second kappa shape index (κ2) is 10.3. The van der Waals surface area contributed by atoms with Gasteiger partial charge in [-0.05, 0) is 96.9 Å². The molecule has 256 valence electrons. The molecule has 0 aromatic heterocycles. The zero-order chi connectivity index (χ0) is 33.5. The summed E-state index contributed by atoms with van der Waals surface area (Å²) in [6.45, 7) is 10.1. The molecule has 6 heteroatoms. The van der Waals surface area contributed by atoms with Crippen molar-refractivity contribution in [1.29, 1.82) is 0 Å². The van der Waals surface area contributed by atoms with Gasteiger partial charge in [-0.15, -0.1) is 13.2 Å². The van der Waals surface area contributed by atoms with Crippen molar-refractivity contribution in [2.75, 3.05) is 36.1 Å². The van der Waals surface area contributed by atoms with Crippen LogP contribution in [0.1, 0.15) is 49.7 Å². The van der Waals surface area contributed by atoms with Gasteiger partial charge in [0.05, 0.1) is 25.3 Å². The van der Waals surface area contributed by atoms with Crippen LogP contribution in [0.15, 0.2) is 121 Å². The number of rotatable bonds is 6. The quantitative estimate of drug-likeness (QED) is 0.350. The second-order valence-corrected chi connectivity index (χ2v) is 16.5. The van der Waals surface area contributed by atoms with E-state index in [9.17, 15) is 10.2 Å². The van der Waals surface area contributed by atoms with Gasteiger partial charge in [0.15, 0.2) is 0 Å². The lowest BCUT2D eigenvalue weighted by Gasteiger charge is -2.59. The van der Waals surface area contributed by atoms with Crippen molar-refractivity contribution >= 4 is 11.4 Å². The van der Waals surface area contributed by atoms with Crippen LogP contribution in [0.3, 0.4) is 0 Å². The summed E-state index contributed by atoms with van der Waals surface area (Å²) >= 11 is 0. The Morgan fingerprint density at radius 2 is 1.10 bits per heavy atom. The van der Waals surface area contributed by atoms with E-state index in [0.717, 1.165) is 51.6 Å². The first-order valence-corrected chi connectivity index (χ1v) is 19.2. The van der Waals surface area contributed by atoms with Gasteiger partial charge in [-0.25, -0.2) is 0 Å². The molecule has 2 aromatic carbocycles. The van der Waals surface area contributed by atoms with E-state index in [0.29, 0.717) is 23.9 Å². The van der Waals surface area contributed by atoms with Crippen molar-refractivity contribution in [3.8, 4) is 0 Å². The van der Waals surface area contributed by atoms with Gasteiger partial charge in [0.25, 0.3) is 0 Å². The van der Waals surface area contributed by atoms with Gasteiger partial charge in [0.1, 0.15) is 0 Å². The average Bonchev–Trinajstić information content (AvgIpc) is 3.86. The summed E-state index contributed by atoms with van der Waals surface area (Å²) in [6.07, 6.45) is 20.6. The van der Waals surface area contributed by atoms with Gasteiger partial charge in [-0.2, -0.15) is 0 Å². The summed E-state index contributed by atoms with van der Waals surface area (Å²) in [5.74, 6) is 1.53. The highest BCUT2D eigenvalue weighted by atomic mass is 16.3. The van der Waals surface area contributed by atoms with Crippen molar-refractivity contribution in [1.82, 2.24) is 9.80 Å². The molecule has 2 saturated heterocycles. The predicted molar refractivity (Wildman–Crippen MR) is 198 cm³/mol. The Balaban J connectivity index is 1.22. The van der Waals surface area contributed by atoms with Crippen LogP contribution in [0.5, 0.6) is 0 Å². The number of allylic oxidation sites excluding steroid dienone is 2. The van der Waals surface area contributed by atoms with Gasteiger partial charge in [0, 0.05) is 83.0 Å². The number of aliphatic hydroxyl groups is 2. The number of aliphatic hydroxyl groups excluding tert-OH is 2.